The molecule has 2 N–H and O–H groups in total. The number of nitrogens with zero attached hydrogens (tertiary/aromatic N) is 3. The first kappa shape index (κ1) is 32.4. The van der Waals surface area contributed by atoms with Crippen LogP contribution >= 0.6 is 0 Å². The largest absolute Gasteiger partial charge is 0.379 e. The SMILES string of the molecule is CS(=O)(=O)Nc1ccc(-c2c(-c3ccccn3)nc3cccc(-c4ccccc4)c3c2-c2ccc(NS(=O)(=O)N3CCOCC3)cc2)cc1. The third-order valence-electron chi connectivity index (χ3n) is 8.21. The lowest BCUT2D eigenvalue weighted by molar-refractivity contribution is 0.0733. The van der Waals surface area contributed by atoms with Crippen LogP contribution in [0.5, 0.6) is 0 Å². The van der Waals surface area contributed by atoms with Gasteiger partial charge in [0.1, 0.15) is 0 Å². The Hall–Kier alpha value is -5.14. The fourth-order valence-electron chi connectivity index (χ4n) is 6.06. The molecule has 12 heteroatoms. The lowest BCUT2D eigenvalue weighted by atomic mass is 9.86. The fraction of sp³-hybridized carbons (Fsp3) is 0.135. The Morgan fingerprint density at radius 1 is 0.653 bits per heavy atom. The summed E-state index contributed by atoms with van der Waals surface area (Å²) in [5, 5.41) is 0.906. The summed E-state index contributed by atoms with van der Waals surface area (Å²) in [5.74, 6) is 0. The second-order valence-electron chi connectivity index (χ2n) is 11.6. The van der Waals surface area contributed by atoms with Crippen LogP contribution in [0.25, 0.3) is 55.7 Å². The van der Waals surface area contributed by atoms with Crippen LogP contribution in [0.1, 0.15) is 0 Å². The average molecular weight is 692 g/mol. The maximum atomic E-state index is 13.1. The first-order valence-corrected chi connectivity index (χ1v) is 19.0. The quantitative estimate of drug-likeness (QED) is 0.174. The average Bonchev–Trinajstić information content (AvgIpc) is 3.12. The molecule has 6 aromatic rings. The van der Waals surface area contributed by atoms with E-state index in [4.69, 9.17) is 9.72 Å². The van der Waals surface area contributed by atoms with E-state index < -0.39 is 20.2 Å². The normalized spacial score (nSPS) is 14.1. The van der Waals surface area contributed by atoms with E-state index >= 15 is 0 Å². The molecule has 0 spiro atoms. The summed E-state index contributed by atoms with van der Waals surface area (Å²) in [6.45, 7) is 1.28. The molecule has 1 fully saturated rings. The minimum Gasteiger partial charge on any atom is -0.379 e. The van der Waals surface area contributed by atoms with Gasteiger partial charge in [0.15, 0.2) is 0 Å². The van der Waals surface area contributed by atoms with Gasteiger partial charge in [-0.2, -0.15) is 12.7 Å². The molecule has 49 heavy (non-hydrogen) atoms. The summed E-state index contributed by atoms with van der Waals surface area (Å²) in [7, 11) is -7.24. The minimum atomic E-state index is -3.77. The highest BCUT2D eigenvalue weighted by molar-refractivity contribution is 7.92. The Morgan fingerprint density at radius 2 is 1.29 bits per heavy atom. The van der Waals surface area contributed by atoms with Gasteiger partial charge in [-0.3, -0.25) is 14.4 Å². The molecule has 0 radical (unpaired) electrons. The monoisotopic (exact) mass is 691 g/mol. The summed E-state index contributed by atoms with van der Waals surface area (Å²) >= 11 is 0. The molecule has 10 nitrogen and oxygen atoms in total. The molecular formula is C37H33N5O5S2. The molecule has 0 unspecified atom stereocenters. The Morgan fingerprint density at radius 3 is 1.92 bits per heavy atom. The minimum absolute atomic E-state index is 0.289. The van der Waals surface area contributed by atoms with Gasteiger partial charge in [0.25, 0.3) is 0 Å². The molecule has 0 amide bonds. The zero-order chi connectivity index (χ0) is 34.0. The number of pyridine rings is 2. The van der Waals surface area contributed by atoms with Crippen LogP contribution in [0.3, 0.4) is 0 Å². The van der Waals surface area contributed by atoms with Gasteiger partial charge in [-0.1, -0.05) is 72.8 Å². The number of anilines is 2. The van der Waals surface area contributed by atoms with Gasteiger partial charge in [0.2, 0.25) is 10.0 Å². The van der Waals surface area contributed by atoms with Gasteiger partial charge in [0, 0.05) is 47.2 Å². The fourth-order valence-corrected chi connectivity index (χ4v) is 7.81. The van der Waals surface area contributed by atoms with Crippen LogP contribution in [-0.4, -0.2) is 63.7 Å². The van der Waals surface area contributed by atoms with E-state index in [0.717, 1.165) is 50.5 Å². The van der Waals surface area contributed by atoms with Crippen LogP contribution in [0, 0.1) is 0 Å². The van der Waals surface area contributed by atoms with Crippen molar-refractivity contribution in [2.24, 2.45) is 0 Å². The zero-order valence-electron chi connectivity index (χ0n) is 26.6. The van der Waals surface area contributed by atoms with Gasteiger partial charge in [0.05, 0.1) is 36.4 Å². The van der Waals surface area contributed by atoms with Gasteiger partial charge >= 0.3 is 10.2 Å². The summed E-state index contributed by atoms with van der Waals surface area (Å²) in [6.07, 6.45) is 2.83. The lowest BCUT2D eigenvalue weighted by Gasteiger charge is -2.26. The lowest BCUT2D eigenvalue weighted by Crippen LogP contribution is -2.43. The van der Waals surface area contributed by atoms with E-state index in [9.17, 15) is 16.8 Å². The number of rotatable bonds is 9. The van der Waals surface area contributed by atoms with Gasteiger partial charge < -0.3 is 4.74 Å². The first-order chi connectivity index (χ1) is 23.7. The molecule has 0 bridgehead atoms. The van der Waals surface area contributed by atoms with Crippen molar-refractivity contribution in [3.05, 3.63) is 121 Å². The summed E-state index contributed by atoms with van der Waals surface area (Å²) < 4.78 is 62.2. The zero-order valence-corrected chi connectivity index (χ0v) is 28.2. The number of sulfonamides is 1. The number of ether oxygens (including phenoxy) is 1. The topological polar surface area (TPSA) is 131 Å². The molecule has 1 aliphatic rings. The van der Waals surface area contributed by atoms with E-state index in [-0.39, 0.29) is 13.1 Å². The predicted molar refractivity (Wildman–Crippen MR) is 195 cm³/mol. The van der Waals surface area contributed by atoms with Crippen molar-refractivity contribution in [2.45, 2.75) is 0 Å². The van der Waals surface area contributed by atoms with E-state index in [1.54, 1.807) is 30.5 Å². The molecule has 0 saturated carbocycles. The Kier molecular flexibility index (Phi) is 8.86. The summed E-state index contributed by atoms with van der Waals surface area (Å²) in [4.78, 5) is 9.89. The van der Waals surface area contributed by atoms with Crippen molar-refractivity contribution in [1.82, 2.24) is 14.3 Å². The van der Waals surface area contributed by atoms with Crippen LogP contribution in [0.15, 0.2) is 121 Å². The van der Waals surface area contributed by atoms with Crippen molar-refractivity contribution >= 4 is 42.5 Å². The molecule has 2 aromatic heterocycles. The highest BCUT2D eigenvalue weighted by Gasteiger charge is 2.25. The smallest absolute Gasteiger partial charge is 0.301 e. The Bertz CT molecular complexity index is 2330. The highest BCUT2D eigenvalue weighted by atomic mass is 32.2. The van der Waals surface area contributed by atoms with Crippen molar-refractivity contribution in [1.29, 1.82) is 0 Å². The van der Waals surface area contributed by atoms with E-state index in [0.29, 0.717) is 36.0 Å². The third kappa shape index (κ3) is 7.03. The Labute approximate surface area is 285 Å². The summed E-state index contributed by atoms with van der Waals surface area (Å²) in [5.41, 5.74) is 8.21. The van der Waals surface area contributed by atoms with Crippen molar-refractivity contribution in [3.8, 4) is 44.8 Å². The van der Waals surface area contributed by atoms with Crippen LogP contribution in [0.4, 0.5) is 11.4 Å². The maximum absolute atomic E-state index is 13.1. The number of benzene rings is 4. The third-order valence-corrected chi connectivity index (χ3v) is 10.4. The second kappa shape index (κ2) is 13.4. The predicted octanol–water partition coefficient (Wildman–Crippen LogP) is 6.66. The number of morpholine rings is 1. The van der Waals surface area contributed by atoms with Crippen molar-refractivity contribution in [2.75, 3.05) is 42.0 Å². The number of hydrogen-bond donors (Lipinski definition) is 2. The molecule has 4 aromatic carbocycles. The highest BCUT2D eigenvalue weighted by Crippen LogP contribution is 2.46. The standard InChI is InChI=1S/C37H33N5O5S2/c1-48(43,44)40-29-17-15-28(16-18-29)35-34(27-13-19-30(20-14-27)41-49(45,46)42-22-24-47-25-23-42)36-31(26-8-3-2-4-9-26)10-7-12-32(36)39-37(35)33-11-5-6-21-38-33/h2-21,40-41H,22-25H2,1H3. The number of hydrogen-bond acceptors (Lipinski definition) is 7. The summed E-state index contributed by atoms with van der Waals surface area (Å²) in [6, 6.07) is 36.3. The molecule has 0 atom stereocenters. The second-order valence-corrected chi connectivity index (χ2v) is 15.1. The van der Waals surface area contributed by atoms with E-state index in [1.165, 1.54) is 4.31 Å². The van der Waals surface area contributed by atoms with Gasteiger partial charge in [-0.05, 0) is 64.7 Å². The van der Waals surface area contributed by atoms with E-state index in [2.05, 4.69) is 32.6 Å². The number of nitrogens with one attached hydrogen (secondary N) is 2. The molecular weight excluding hydrogens is 659 g/mol. The molecule has 1 saturated heterocycles. The molecule has 3 heterocycles. The molecule has 248 valence electrons. The maximum Gasteiger partial charge on any atom is 0.301 e. The molecule has 1 aliphatic heterocycles. The molecule has 0 aliphatic carbocycles. The Balaban J connectivity index is 1.47. The van der Waals surface area contributed by atoms with Crippen LogP contribution < -0.4 is 9.44 Å². The van der Waals surface area contributed by atoms with Crippen molar-refractivity contribution < 1.29 is 21.6 Å². The van der Waals surface area contributed by atoms with Crippen LogP contribution in [-0.2, 0) is 25.0 Å². The van der Waals surface area contributed by atoms with Gasteiger partial charge in [-0.25, -0.2) is 13.4 Å². The van der Waals surface area contributed by atoms with Gasteiger partial charge in [-0.15, -0.1) is 0 Å². The first-order valence-electron chi connectivity index (χ1n) is 15.6. The number of fused-ring (bicyclic) bond motifs is 1. The molecule has 7 rings (SSSR count). The van der Waals surface area contributed by atoms with Crippen LogP contribution in [0.2, 0.25) is 0 Å². The van der Waals surface area contributed by atoms with E-state index in [1.807, 2.05) is 72.8 Å². The van der Waals surface area contributed by atoms with Crippen molar-refractivity contribution in [3.63, 3.8) is 0 Å². The number of aromatic nitrogens is 2.